The summed E-state index contributed by atoms with van der Waals surface area (Å²) in [5.41, 5.74) is 0. The molecular formula is C3H4NP. The minimum absolute atomic E-state index is 1.39. The zero-order chi connectivity index (χ0) is 4.12. The number of hydrogen-bond donors (Lipinski definition) is 0. The fourth-order valence-corrected chi connectivity index (χ4v) is 0.129. The average Bonchev–Trinajstić information content (AvgIpc) is 1.41. The van der Waals surface area contributed by atoms with E-state index in [1.807, 2.05) is 6.07 Å². The molecule has 2 heteroatoms. The number of allylic oxidation sites excluding steroid dienone is 1. The second-order valence-corrected chi connectivity index (χ2v) is 0.873. The SMILES string of the molecule is N#CC=CP. The third-order valence-corrected chi connectivity index (χ3v) is 0.363. The van der Waals surface area contributed by atoms with Gasteiger partial charge in [0.1, 0.15) is 0 Å². The van der Waals surface area contributed by atoms with Crippen LogP contribution in [-0.4, -0.2) is 0 Å². The molecule has 5 heavy (non-hydrogen) atoms. The van der Waals surface area contributed by atoms with Crippen molar-refractivity contribution in [1.82, 2.24) is 0 Å². The Bertz CT molecular complexity index is 69.5. The highest BCUT2D eigenvalue weighted by Crippen LogP contribution is 1.77. The van der Waals surface area contributed by atoms with E-state index in [-0.39, 0.29) is 0 Å². The van der Waals surface area contributed by atoms with E-state index in [9.17, 15) is 0 Å². The average molecular weight is 85.0 g/mol. The van der Waals surface area contributed by atoms with Gasteiger partial charge in [0.2, 0.25) is 0 Å². The molecule has 0 fully saturated rings. The van der Waals surface area contributed by atoms with Crippen molar-refractivity contribution in [2.75, 3.05) is 0 Å². The topological polar surface area (TPSA) is 23.8 Å². The summed E-state index contributed by atoms with van der Waals surface area (Å²) < 4.78 is 0. The highest BCUT2D eigenvalue weighted by molar-refractivity contribution is 7.20. The van der Waals surface area contributed by atoms with Gasteiger partial charge in [0.05, 0.1) is 6.07 Å². The molecule has 0 aliphatic carbocycles. The number of hydrogen-bond acceptors (Lipinski definition) is 1. The van der Waals surface area contributed by atoms with Gasteiger partial charge in [-0.2, -0.15) is 5.26 Å². The summed E-state index contributed by atoms with van der Waals surface area (Å²) in [6.45, 7) is 0. The highest BCUT2D eigenvalue weighted by Gasteiger charge is 1.45. The third kappa shape index (κ3) is 3.66. The minimum atomic E-state index is 1.39. The minimum Gasteiger partial charge on any atom is -0.193 e. The van der Waals surface area contributed by atoms with Gasteiger partial charge in [-0.1, -0.05) is 5.82 Å². The van der Waals surface area contributed by atoms with Gasteiger partial charge in [-0.3, -0.25) is 0 Å². The lowest BCUT2D eigenvalue weighted by atomic mass is 10.7. The second kappa shape index (κ2) is 3.66. The lowest BCUT2D eigenvalue weighted by Crippen LogP contribution is -1.30. The maximum atomic E-state index is 7.72. The fraction of sp³-hybridized carbons (Fsp3) is 0. The van der Waals surface area contributed by atoms with Crippen molar-refractivity contribution in [3.8, 4) is 6.07 Å². The molecule has 0 N–H and O–H groups in total. The molecular weight excluding hydrogens is 81.0 g/mol. The number of rotatable bonds is 0. The van der Waals surface area contributed by atoms with Gasteiger partial charge < -0.3 is 0 Å². The van der Waals surface area contributed by atoms with Crippen molar-refractivity contribution in [3.05, 3.63) is 11.9 Å². The summed E-state index contributed by atoms with van der Waals surface area (Å²) >= 11 is 0. The van der Waals surface area contributed by atoms with Crippen LogP contribution in [0.25, 0.3) is 0 Å². The Morgan fingerprint density at radius 1 is 1.80 bits per heavy atom. The van der Waals surface area contributed by atoms with Gasteiger partial charge in [-0.15, -0.1) is 9.24 Å². The monoisotopic (exact) mass is 85.0 g/mol. The lowest BCUT2D eigenvalue weighted by molar-refractivity contribution is 1.54. The van der Waals surface area contributed by atoms with Crippen LogP contribution < -0.4 is 0 Å². The Morgan fingerprint density at radius 3 is 2.40 bits per heavy atom. The van der Waals surface area contributed by atoms with Crippen LogP contribution in [0.3, 0.4) is 0 Å². The van der Waals surface area contributed by atoms with Crippen LogP contribution in [0.15, 0.2) is 11.9 Å². The largest absolute Gasteiger partial charge is 0.193 e. The Hall–Kier alpha value is -0.340. The zero-order valence-corrected chi connectivity index (χ0v) is 3.83. The van der Waals surface area contributed by atoms with Gasteiger partial charge in [-0.05, 0) is 0 Å². The normalized spacial score (nSPS) is 8.00. The molecule has 1 atom stereocenters. The van der Waals surface area contributed by atoms with Crippen molar-refractivity contribution in [2.24, 2.45) is 0 Å². The molecule has 0 amide bonds. The number of nitrogens with zero attached hydrogens (tertiary/aromatic N) is 1. The standard InChI is InChI=1S/C3H4NP/c4-2-1-3-5/h1,3H,5H2. The molecule has 0 saturated carbocycles. The number of nitriles is 1. The molecule has 1 unspecified atom stereocenters. The Balaban J connectivity index is 3.04. The molecule has 0 rings (SSSR count). The van der Waals surface area contributed by atoms with Crippen molar-refractivity contribution >= 4 is 9.24 Å². The second-order valence-electron chi connectivity index (χ2n) is 0.488. The van der Waals surface area contributed by atoms with Crippen LogP contribution in [0, 0.1) is 11.3 Å². The van der Waals surface area contributed by atoms with Gasteiger partial charge in [-0.25, -0.2) is 0 Å². The van der Waals surface area contributed by atoms with Gasteiger partial charge in [0.25, 0.3) is 0 Å². The molecule has 1 nitrogen and oxygen atoms in total. The Morgan fingerprint density at radius 2 is 2.40 bits per heavy atom. The Labute approximate surface area is 33.5 Å². The van der Waals surface area contributed by atoms with E-state index in [1.165, 1.54) is 6.08 Å². The van der Waals surface area contributed by atoms with E-state index in [4.69, 9.17) is 5.26 Å². The summed E-state index contributed by atoms with van der Waals surface area (Å²) in [7, 11) is 2.30. The predicted octanol–water partition coefficient (Wildman–Crippen LogP) is 0.899. The molecule has 0 spiro atoms. The maximum absolute atomic E-state index is 7.72. The highest BCUT2D eigenvalue weighted by atomic mass is 31.0. The quantitative estimate of drug-likeness (QED) is 0.316. The van der Waals surface area contributed by atoms with E-state index in [2.05, 4.69) is 9.24 Å². The van der Waals surface area contributed by atoms with Crippen LogP contribution in [0.1, 0.15) is 0 Å². The maximum Gasteiger partial charge on any atom is 0.0912 e. The van der Waals surface area contributed by atoms with Crippen LogP contribution >= 0.6 is 9.24 Å². The van der Waals surface area contributed by atoms with Crippen LogP contribution in [0.2, 0.25) is 0 Å². The first-order chi connectivity index (χ1) is 2.41. The molecule has 0 aromatic rings. The molecule has 0 bridgehead atoms. The van der Waals surface area contributed by atoms with Crippen LogP contribution in [0.5, 0.6) is 0 Å². The Kier molecular flexibility index (Phi) is 3.41. The summed E-state index contributed by atoms with van der Waals surface area (Å²) in [5, 5.41) is 7.72. The molecule has 0 aromatic carbocycles. The van der Waals surface area contributed by atoms with Gasteiger partial charge in [0.15, 0.2) is 0 Å². The van der Waals surface area contributed by atoms with Crippen molar-refractivity contribution in [2.45, 2.75) is 0 Å². The van der Waals surface area contributed by atoms with Gasteiger partial charge >= 0.3 is 0 Å². The third-order valence-electron chi connectivity index (χ3n) is 0.171. The van der Waals surface area contributed by atoms with E-state index in [1.54, 1.807) is 5.82 Å². The van der Waals surface area contributed by atoms with Crippen LogP contribution in [0.4, 0.5) is 0 Å². The van der Waals surface area contributed by atoms with Crippen LogP contribution in [-0.2, 0) is 0 Å². The molecule has 0 aromatic heterocycles. The predicted molar refractivity (Wildman–Crippen MR) is 24.5 cm³/mol. The first-order valence-electron chi connectivity index (χ1n) is 1.18. The summed E-state index contributed by atoms with van der Waals surface area (Å²) in [5.74, 6) is 1.61. The summed E-state index contributed by atoms with van der Waals surface area (Å²) in [6.07, 6.45) is 1.39. The first kappa shape index (κ1) is 4.66. The summed E-state index contributed by atoms with van der Waals surface area (Å²) in [6, 6.07) is 1.82. The smallest absolute Gasteiger partial charge is 0.0912 e. The fourth-order valence-electron chi connectivity index (χ4n) is 0.0430. The molecule has 0 aliphatic heterocycles. The van der Waals surface area contributed by atoms with E-state index >= 15 is 0 Å². The summed E-state index contributed by atoms with van der Waals surface area (Å²) in [4.78, 5) is 0. The molecule has 0 aliphatic rings. The van der Waals surface area contributed by atoms with Crippen molar-refractivity contribution in [3.63, 3.8) is 0 Å². The van der Waals surface area contributed by atoms with E-state index in [0.29, 0.717) is 0 Å². The van der Waals surface area contributed by atoms with Gasteiger partial charge in [0, 0.05) is 6.08 Å². The lowest BCUT2D eigenvalue weighted by Gasteiger charge is -1.48. The first-order valence-corrected chi connectivity index (χ1v) is 1.85. The van der Waals surface area contributed by atoms with Crippen molar-refractivity contribution in [1.29, 1.82) is 5.26 Å². The van der Waals surface area contributed by atoms with E-state index in [0.717, 1.165) is 0 Å². The van der Waals surface area contributed by atoms with E-state index < -0.39 is 0 Å². The molecule has 26 valence electrons. The molecule has 0 radical (unpaired) electrons. The van der Waals surface area contributed by atoms with Crippen molar-refractivity contribution < 1.29 is 0 Å². The molecule has 0 heterocycles. The zero-order valence-electron chi connectivity index (χ0n) is 2.68. The molecule has 0 saturated heterocycles.